The molecule has 4 heteroatoms. The van der Waals surface area contributed by atoms with Gasteiger partial charge in [-0.25, -0.2) is 0 Å². The minimum absolute atomic E-state index is 0.780. The van der Waals surface area contributed by atoms with Gasteiger partial charge in [-0.2, -0.15) is 0 Å². The Morgan fingerprint density at radius 3 is 2.38 bits per heavy atom. The van der Waals surface area contributed by atoms with E-state index in [1.807, 2.05) is 0 Å². The van der Waals surface area contributed by atoms with Crippen molar-refractivity contribution in [2.45, 2.75) is 26.3 Å². The summed E-state index contributed by atoms with van der Waals surface area (Å²) in [7, 11) is 1.67. The van der Waals surface area contributed by atoms with Crippen LogP contribution in [0, 0.1) is 0 Å². The van der Waals surface area contributed by atoms with E-state index >= 15 is 0 Å². The van der Waals surface area contributed by atoms with E-state index in [2.05, 4.69) is 80.5 Å². The quantitative estimate of drug-likeness (QED) is 0.648. The molecular formula is C17H19Br2NO. The zero-order valence-electron chi connectivity index (χ0n) is 12.2. The Kier molecular flexibility index (Phi) is 6.12. The van der Waals surface area contributed by atoms with Gasteiger partial charge in [-0.1, -0.05) is 31.5 Å². The molecule has 0 spiro atoms. The molecule has 0 fully saturated rings. The summed E-state index contributed by atoms with van der Waals surface area (Å²) in [5, 5.41) is 3.52. The van der Waals surface area contributed by atoms with Crippen molar-refractivity contribution in [3.8, 4) is 5.75 Å². The third-order valence-corrected chi connectivity index (χ3v) is 4.46. The summed E-state index contributed by atoms with van der Waals surface area (Å²) in [4.78, 5) is 0. The first-order chi connectivity index (χ1) is 10.2. The maximum Gasteiger partial charge on any atom is 0.147 e. The Morgan fingerprint density at radius 1 is 1.10 bits per heavy atom. The van der Waals surface area contributed by atoms with Gasteiger partial charge in [0.1, 0.15) is 5.75 Å². The predicted molar refractivity (Wildman–Crippen MR) is 96.2 cm³/mol. The number of hydrogen-bond donors (Lipinski definition) is 1. The molecule has 2 aromatic rings. The van der Waals surface area contributed by atoms with E-state index in [4.69, 9.17) is 4.74 Å². The van der Waals surface area contributed by atoms with Crippen LogP contribution < -0.4 is 10.1 Å². The summed E-state index contributed by atoms with van der Waals surface area (Å²) in [6.07, 6.45) is 2.25. The summed E-state index contributed by atoms with van der Waals surface area (Å²) in [6, 6.07) is 12.7. The van der Waals surface area contributed by atoms with Crippen molar-refractivity contribution in [3.63, 3.8) is 0 Å². The van der Waals surface area contributed by atoms with Crippen LogP contribution in [0.1, 0.15) is 24.5 Å². The number of halogens is 2. The molecule has 2 rings (SSSR count). The van der Waals surface area contributed by atoms with Gasteiger partial charge in [0.05, 0.1) is 16.1 Å². The third-order valence-electron chi connectivity index (χ3n) is 3.28. The monoisotopic (exact) mass is 411 g/mol. The van der Waals surface area contributed by atoms with Gasteiger partial charge >= 0.3 is 0 Å². The van der Waals surface area contributed by atoms with Crippen molar-refractivity contribution in [1.82, 2.24) is 0 Å². The summed E-state index contributed by atoms with van der Waals surface area (Å²) < 4.78 is 7.24. The van der Waals surface area contributed by atoms with E-state index in [1.54, 1.807) is 7.11 Å². The van der Waals surface area contributed by atoms with Crippen LogP contribution in [0.3, 0.4) is 0 Å². The number of rotatable bonds is 6. The van der Waals surface area contributed by atoms with Crippen molar-refractivity contribution >= 4 is 37.5 Å². The largest absolute Gasteiger partial charge is 0.494 e. The molecule has 0 radical (unpaired) electrons. The summed E-state index contributed by atoms with van der Waals surface area (Å²) >= 11 is 7.08. The number of para-hydroxylation sites is 1. The number of hydrogen-bond acceptors (Lipinski definition) is 2. The van der Waals surface area contributed by atoms with Crippen LogP contribution in [0.4, 0.5) is 5.69 Å². The molecule has 0 aromatic heterocycles. The number of methoxy groups -OCH3 is 1. The lowest BCUT2D eigenvalue weighted by Gasteiger charge is -2.13. The predicted octanol–water partition coefficient (Wildman–Crippen LogP) is 5.78. The van der Waals surface area contributed by atoms with E-state index in [0.29, 0.717) is 0 Å². The first-order valence-corrected chi connectivity index (χ1v) is 8.58. The van der Waals surface area contributed by atoms with Crippen molar-refractivity contribution in [3.05, 3.63) is 56.5 Å². The van der Waals surface area contributed by atoms with Crippen LogP contribution in [-0.2, 0) is 13.0 Å². The van der Waals surface area contributed by atoms with Crippen molar-refractivity contribution in [2.24, 2.45) is 0 Å². The minimum Gasteiger partial charge on any atom is -0.494 e. The van der Waals surface area contributed by atoms with Gasteiger partial charge in [0.25, 0.3) is 0 Å². The van der Waals surface area contributed by atoms with Crippen LogP contribution in [0.2, 0.25) is 0 Å². The van der Waals surface area contributed by atoms with Crippen LogP contribution in [0.15, 0.2) is 45.3 Å². The first-order valence-electron chi connectivity index (χ1n) is 6.99. The van der Waals surface area contributed by atoms with Crippen molar-refractivity contribution < 1.29 is 4.74 Å². The molecule has 0 unspecified atom stereocenters. The van der Waals surface area contributed by atoms with Crippen LogP contribution >= 0.6 is 31.9 Å². The second kappa shape index (κ2) is 7.85. The third kappa shape index (κ3) is 4.24. The normalized spacial score (nSPS) is 10.5. The number of aryl methyl sites for hydroxylation is 1. The SMILES string of the molecule is CCCc1ccccc1NCc1cc(Br)c(OC)c(Br)c1. The van der Waals surface area contributed by atoms with E-state index in [0.717, 1.165) is 34.1 Å². The van der Waals surface area contributed by atoms with Gasteiger partial charge in [-0.15, -0.1) is 0 Å². The summed E-state index contributed by atoms with van der Waals surface area (Å²) in [6.45, 7) is 2.98. The van der Waals surface area contributed by atoms with Gasteiger partial charge in [0, 0.05) is 12.2 Å². The van der Waals surface area contributed by atoms with Crippen molar-refractivity contribution in [1.29, 1.82) is 0 Å². The molecule has 0 aliphatic carbocycles. The Labute approximate surface area is 143 Å². The molecule has 0 amide bonds. The van der Waals surface area contributed by atoms with Gasteiger partial charge in [-0.3, -0.25) is 0 Å². The van der Waals surface area contributed by atoms with Gasteiger partial charge < -0.3 is 10.1 Å². The highest BCUT2D eigenvalue weighted by Crippen LogP contribution is 2.34. The molecule has 0 saturated carbocycles. The Bertz CT molecular complexity index is 590. The molecular weight excluding hydrogens is 394 g/mol. The molecule has 21 heavy (non-hydrogen) atoms. The Morgan fingerprint density at radius 2 is 1.76 bits per heavy atom. The highest BCUT2D eigenvalue weighted by Gasteiger charge is 2.08. The molecule has 0 saturated heterocycles. The Hall–Kier alpha value is -1.000. The lowest BCUT2D eigenvalue weighted by molar-refractivity contribution is 0.409. The zero-order chi connectivity index (χ0) is 15.2. The molecule has 0 bridgehead atoms. The average molecular weight is 413 g/mol. The molecule has 2 aromatic carbocycles. The van der Waals surface area contributed by atoms with Crippen LogP contribution in [0.25, 0.3) is 0 Å². The van der Waals surface area contributed by atoms with Gasteiger partial charge in [-0.05, 0) is 67.6 Å². The molecule has 112 valence electrons. The highest BCUT2D eigenvalue weighted by molar-refractivity contribution is 9.11. The van der Waals surface area contributed by atoms with E-state index in [1.165, 1.54) is 16.8 Å². The van der Waals surface area contributed by atoms with Gasteiger partial charge in [0.2, 0.25) is 0 Å². The van der Waals surface area contributed by atoms with Crippen LogP contribution in [0.5, 0.6) is 5.75 Å². The zero-order valence-corrected chi connectivity index (χ0v) is 15.4. The summed E-state index contributed by atoms with van der Waals surface area (Å²) in [5.74, 6) is 0.824. The number of nitrogens with one attached hydrogen (secondary N) is 1. The van der Waals surface area contributed by atoms with Crippen LogP contribution in [-0.4, -0.2) is 7.11 Å². The number of ether oxygens (including phenoxy) is 1. The number of anilines is 1. The maximum atomic E-state index is 5.33. The smallest absolute Gasteiger partial charge is 0.147 e. The van der Waals surface area contributed by atoms with E-state index < -0.39 is 0 Å². The molecule has 0 heterocycles. The lowest BCUT2D eigenvalue weighted by Crippen LogP contribution is -2.03. The minimum atomic E-state index is 0.780. The lowest BCUT2D eigenvalue weighted by atomic mass is 10.1. The van der Waals surface area contributed by atoms with Gasteiger partial charge in [0.15, 0.2) is 0 Å². The second-order valence-corrected chi connectivity index (χ2v) is 6.56. The topological polar surface area (TPSA) is 21.3 Å². The summed E-state index contributed by atoms with van der Waals surface area (Å²) in [5.41, 5.74) is 3.77. The van der Waals surface area contributed by atoms with E-state index in [9.17, 15) is 0 Å². The Balaban J connectivity index is 2.13. The molecule has 1 N–H and O–H groups in total. The first kappa shape index (κ1) is 16.4. The molecule has 0 aliphatic heterocycles. The fourth-order valence-electron chi connectivity index (χ4n) is 2.29. The maximum absolute atomic E-state index is 5.33. The fraction of sp³-hybridized carbons (Fsp3) is 0.294. The molecule has 0 aliphatic rings. The molecule has 0 atom stereocenters. The molecule has 2 nitrogen and oxygen atoms in total. The average Bonchev–Trinajstić information content (AvgIpc) is 2.46. The number of benzene rings is 2. The highest BCUT2D eigenvalue weighted by atomic mass is 79.9. The van der Waals surface area contributed by atoms with E-state index in [-0.39, 0.29) is 0 Å². The van der Waals surface area contributed by atoms with Crippen molar-refractivity contribution in [2.75, 3.05) is 12.4 Å². The second-order valence-electron chi connectivity index (χ2n) is 4.85. The fourth-order valence-corrected chi connectivity index (χ4v) is 3.89. The standard InChI is InChI=1S/C17H19Br2NO/c1-3-6-13-7-4-5-8-16(13)20-11-12-9-14(18)17(21-2)15(19)10-12/h4-5,7-10,20H,3,6,11H2,1-2H3.